The van der Waals surface area contributed by atoms with Crippen molar-refractivity contribution >= 4 is 28.9 Å². The number of hydrogen-bond acceptors (Lipinski definition) is 4. The third kappa shape index (κ3) is 3.28. The molecule has 0 unspecified atom stereocenters. The number of nitriles is 1. The van der Waals surface area contributed by atoms with Gasteiger partial charge in [-0.3, -0.25) is 0 Å². The Bertz CT molecular complexity index is 653. The zero-order chi connectivity index (χ0) is 13.8. The standard InChI is InChI=1S/C13H9Cl2N3O/c14-10-4-12(17)13(5-11(10)15)19-7-8-1-2-18-9(3-8)6-16/h1-5H,7,17H2. The van der Waals surface area contributed by atoms with Crippen LogP contribution in [0.4, 0.5) is 5.69 Å². The van der Waals surface area contributed by atoms with Crippen LogP contribution < -0.4 is 10.5 Å². The second-order valence-electron chi connectivity index (χ2n) is 3.75. The molecule has 4 nitrogen and oxygen atoms in total. The van der Waals surface area contributed by atoms with Crippen molar-refractivity contribution in [3.8, 4) is 11.8 Å². The molecule has 0 aliphatic rings. The maximum Gasteiger partial charge on any atom is 0.144 e. The Balaban J connectivity index is 2.14. The monoisotopic (exact) mass is 293 g/mol. The van der Waals surface area contributed by atoms with Crippen LogP contribution >= 0.6 is 23.2 Å². The van der Waals surface area contributed by atoms with Crippen molar-refractivity contribution in [3.05, 3.63) is 51.8 Å². The summed E-state index contributed by atoms with van der Waals surface area (Å²) in [5.74, 6) is 0.449. The lowest BCUT2D eigenvalue weighted by Crippen LogP contribution is -2.00. The molecule has 19 heavy (non-hydrogen) atoms. The summed E-state index contributed by atoms with van der Waals surface area (Å²) in [5, 5.41) is 9.50. The molecule has 0 bridgehead atoms. The van der Waals surface area contributed by atoms with Crippen molar-refractivity contribution in [2.24, 2.45) is 0 Å². The first kappa shape index (κ1) is 13.5. The number of anilines is 1. The number of pyridine rings is 1. The number of aromatic nitrogens is 1. The third-order valence-corrected chi connectivity index (χ3v) is 3.11. The van der Waals surface area contributed by atoms with Gasteiger partial charge in [0.15, 0.2) is 0 Å². The highest BCUT2D eigenvalue weighted by molar-refractivity contribution is 6.42. The predicted molar refractivity (Wildman–Crippen MR) is 74.2 cm³/mol. The van der Waals surface area contributed by atoms with E-state index in [1.165, 1.54) is 6.07 Å². The van der Waals surface area contributed by atoms with E-state index in [9.17, 15) is 0 Å². The molecular weight excluding hydrogens is 285 g/mol. The van der Waals surface area contributed by atoms with Crippen LogP contribution in [0.25, 0.3) is 0 Å². The van der Waals surface area contributed by atoms with Crippen LogP contribution in [0.3, 0.4) is 0 Å². The van der Waals surface area contributed by atoms with Crippen LogP contribution in [0.5, 0.6) is 5.75 Å². The Kier molecular flexibility index (Phi) is 4.10. The SMILES string of the molecule is N#Cc1cc(COc2cc(Cl)c(Cl)cc2N)ccn1. The van der Waals surface area contributed by atoms with E-state index >= 15 is 0 Å². The van der Waals surface area contributed by atoms with E-state index in [1.54, 1.807) is 24.4 Å². The van der Waals surface area contributed by atoms with Crippen molar-refractivity contribution in [2.45, 2.75) is 6.61 Å². The van der Waals surface area contributed by atoms with Crippen LogP contribution in [0, 0.1) is 11.3 Å². The number of hydrogen-bond donors (Lipinski definition) is 1. The molecule has 0 radical (unpaired) electrons. The van der Waals surface area contributed by atoms with E-state index in [2.05, 4.69) is 4.98 Å². The van der Waals surface area contributed by atoms with Crippen LogP contribution in [-0.4, -0.2) is 4.98 Å². The molecule has 6 heteroatoms. The van der Waals surface area contributed by atoms with E-state index in [0.717, 1.165) is 5.56 Å². The Hall–Kier alpha value is -1.96. The molecular formula is C13H9Cl2N3O. The first-order valence-corrected chi connectivity index (χ1v) is 6.08. The van der Waals surface area contributed by atoms with Crippen LogP contribution in [-0.2, 0) is 6.61 Å². The van der Waals surface area contributed by atoms with Gasteiger partial charge in [0, 0.05) is 12.3 Å². The molecule has 0 saturated carbocycles. The minimum atomic E-state index is 0.263. The minimum absolute atomic E-state index is 0.263. The minimum Gasteiger partial charge on any atom is -0.487 e. The Morgan fingerprint density at radius 3 is 2.74 bits per heavy atom. The van der Waals surface area contributed by atoms with Crippen LogP contribution in [0.15, 0.2) is 30.5 Å². The zero-order valence-corrected chi connectivity index (χ0v) is 11.2. The summed E-state index contributed by atoms with van der Waals surface area (Å²) in [7, 11) is 0. The first-order chi connectivity index (χ1) is 9.10. The fourth-order valence-electron chi connectivity index (χ4n) is 1.46. The van der Waals surface area contributed by atoms with Gasteiger partial charge >= 0.3 is 0 Å². The van der Waals surface area contributed by atoms with Gasteiger partial charge in [0.25, 0.3) is 0 Å². The highest BCUT2D eigenvalue weighted by atomic mass is 35.5. The van der Waals surface area contributed by atoms with Crippen molar-refractivity contribution in [1.29, 1.82) is 5.26 Å². The maximum absolute atomic E-state index is 8.75. The Morgan fingerprint density at radius 1 is 1.26 bits per heavy atom. The second kappa shape index (κ2) is 5.79. The van der Waals surface area contributed by atoms with Gasteiger partial charge in [0.1, 0.15) is 24.1 Å². The molecule has 1 heterocycles. The van der Waals surface area contributed by atoms with Gasteiger partial charge in [-0.1, -0.05) is 23.2 Å². The van der Waals surface area contributed by atoms with Gasteiger partial charge in [0.05, 0.1) is 15.7 Å². The van der Waals surface area contributed by atoms with Crippen molar-refractivity contribution in [3.63, 3.8) is 0 Å². The molecule has 0 spiro atoms. The predicted octanol–water partition coefficient (Wildman–Crippen LogP) is 3.42. The second-order valence-corrected chi connectivity index (χ2v) is 4.57. The summed E-state index contributed by atoms with van der Waals surface area (Å²) in [6.45, 7) is 0.263. The molecule has 0 saturated heterocycles. The molecule has 0 aliphatic heterocycles. The summed E-state index contributed by atoms with van der Waals surface area (Å²) < 4.78 is 5.55. The number of benzene rings is 1. The molecule has 2 aromatic rings. The molecule has 96 valence electrons. The molecule has 1 aromatic carbocycles. The highest BCUT2D eigenvalue weighted by Gasteiger charge is 2.06. The van der Waals surface area contributed by atoms with Gasteiger partial charge in [0.2, 0.25) is 0 Å². The number of halogens is 2. The van der Waals surface area contributed by atoms with Gasteiger partial charge in [-0.2, -0.15) is 5.26 Å². The van der Waals surface area contributed by atoms with Crippen molar-refractivity contribution < 1.29 is 4.74 Å². The van der Waals surface area contributed by atoms with Gasteiger partial charge in [-0.25, -0.2) is 4.98 Å². The Labute approximate surface area is 120 Å². The summed E-state index contributed by atoms with van der Waals surface area (Å²) in [6.07, 6.45) is 1.55. The number of rotatable bonds is 3. The van der Waals surface area contributed by atoms with E-state index in [4.69, 9.17) is 38.9 Å². The van der Waals surface area contributed by atoms with E-state index in [1.807, 2.05) is 6.07 Å². The maximum atomic E-state index is 8.75. The molecule has 0 aliphatic carbocycles. The zero-order valence-electron chi connectivity index (χ0n) is 9.73. The van der Waals surface area contributed by atoms with E-state index in [0.29, 0.717) is 27.2 Å². The average Bonchev–Trinajstić information content (AvgIpc) is 2.41. The van der Waals surface area contributed by atoms with E-state index < -0.39 is 0 Å². The highest BCUT2D eigenvalue weighted by Crippen LogP contribution is 2.32. The number of nitrogen functional groups attached to an aromatic ring is 1. The van der Waals surface area contributed by atoms with Gasteiger partial charge in [-0.15, -0.1) is 0 Å². The fourth-order valence-corrected chi connectivity index (χ4v) is 1.78. The third-order valence-electron chi connectivity index (χ3n) is 2.39. The normalized spacial score (nSPS) is 9.95. The number of nitrogens with zero attached hydrogens (tertiary/aromatic N) is 2. The number of ether oxygens (including phenoxy) is 1. The van der Waals surface area contributed by atoms with Gasteiger partial charge < -0.3 is 10.5 Å². The summed E-state index contributed by atoms with van der Waals surface area (Å²) in [4.78, 5) is 3.88. The Morgan fingerprint density at radius 2 is 2.00 bits per heavy atom. The quantitative estimate of drug-likeness (QED) is 0.880. The fraction of sp³-hybridized carbons (Fsp3) is 0.0769. The number of nitrogens with two attached hydrogens (primary N) is 1. The topological polar surface area (TPSA) is 71.9 Å². The lowest BCUT2D eigenvalue weighted by atomic mass is 10.2. The van der Waals surface area contributed by atoms with Crippen molar-refractivity contribution in [2.75, 3.05) is 5.73 Å². The summed E-state index contributed by atoms with van der Waals surface area (Å²) >= 11 is 11.7. The molecule has 0 atom stereocenters. The smallest absolute Gasteiger partial charge is 0.144 e. The molecule has 0 amide bonds. The molecule has 1 aromatic heterocycles. The molecule has 2 rings (SSSR count). The van der Waals surface area contributed by atoms with E-state index in [-0.39, 0.29) is 6.61 Å². The van der Waals surface area contributed by atoms with Crippen LogP contribution in [0.2, 0.25) is 10.0 Å². The molecule has 0 fully saturated rings. The molecule has 2 N–H and O–H groups in total. The van der Waals surface area contributed by atoms with Crippen LogP contribution in [0.1, 0.15) is 11.3 Å². The summed E-state index contributed by atoms with van der Waals surface area (Å²) in [6, 6.07) is 8.46. The average molecular weight is 294 g/mol. The lowest BCUT2D eigenvalue weighted by Gasteiger charge is -2.10. The lowest BCUT2D eigenvalue weighted by molar-refractivity contribution is 0.308. The van der Waals surface area contributed by atoms with Crippen molar-refractivity contribution in [1.82, 2.24) is 4.98 Å². The van der Waals surface area contributed by atoms with Gasteiger partial charge in [-0.05, 0) is 23.8 Å². The largest absolute Gasteiger partial charge is 0.487 e. The first-order valence-electron chi connectivity index (χ1n) is 5.32. The summed E-state index contributed by atoms with van der Waals surface area (Å²) in [5.41, 5.74) is 7.34.